The number of nitrogens with one attached hydrogen (secondary N) is 3. The van der Waals surface area contributed by atoms with Crippen molar-refractivity contribution in [3.63, 3.8) is 0 Å². The summed E-state index contributed by atoms with van der Waals surface area (Å²) in [5.41, 5.74) is 2.22. The van der Waals surface area contributed by atoms with Crippen molar-refractivity contribution < 1.29 is 9.59 Å². The zero-order valence-corrected chi connectivity index (χ0v) is 13.2. The van der Waals surface area contributed by atoms with Crippen LogP contribution in [0.25, 0.3) is 11.0 Å². The van der Waals surface area contributed by atoms with Crippen LogP contribution >= 0.6 is 0 Å². The van der Waals surface area contributed by atoms with Crippen LogP contribution in [-0.4, -0.2) is 27.8 Å². The van der Waals surface area contributed by atoms with E-state index >= 15 is 0 Å². The number of benzene rings is 2. The number of carbonyl (C=O) groups is 2. The van der Waals surface area contributed by atoms with E-state index in [0.29, 0.717) is 11.5 Å². The smallest absolute Gasteiger partial charge is 0.251 e. The zero-order valence-electron chi connectivity index (χ0n) is 13.2. The Bertz CT molecular complexity index is 825. The number of imidazole rings is 1. The minimum atomic E-state index is -0.290. The van der Waals surface area contributed by atoms with E-state index in [0.717, 1.165) is 11.0 Å². The number of anilines is 1. The summed E-state index contributed by atoms with van der Waals surface area (Å²) in [5.74, 6) is -0.00246. The molecule has 2 aromatic carbocycles. The number of H-pyrrole nitrogens is 1. The Morgan fingerprint density at radius 1 is 1.08 bits per heavy atom. The van der Waals surface area contributed by atoms with Gasteiger partial charge in [-0.25, -0.2) is 4.98 Å². The Kier molecular flexibility index (Phi) is 4.56. The maximum atomic E-state index is 12.1. The third-order valence-corrected chi connectivity index (χ3v) is 3.55. The SMILES string of the molecule is C[C@H](CC(=O)Nc1nc2ccccc2[nH]1)NC(=O)c1ccccc1. The first-order chi connectivity index (χ1) is 11.6. The molecule has 0 saturated heterocycles. The molecule has 0 spiro atoms. The lowest BCUT2D eigenvalue weighted by Gasteiger charge is -2.13. The lowest BCUT2D eigenvalue weighted by molar-refractivity contribution is -0.116. The minimum absolute atomic E-state index is 0.162. The van der Waals surface area contributed by atoms with Gasteiger partial charge in [0.15, 0.2) is 0 Å². The van der Waals surface area contributed by atoms with E-state index in [9.17, 15) is 9.59 Å². The Hall–Kier alpha value is -3.15. The normalized spacial score (nSPS) is 11.9. The molecule has 0 aliphatic rings. The van der Waals surface area contributed by atoms with Gasteiger partial charge in [-0.15, -0.1) is 0 Å². The van der Waals surface area contributed by atoms with Gasteiger partial charge in [-0.05, 0) is 31.2 Å². The highest BCUT2D eigenvalue weighted by molar-refractivity contribution is 5.95. The van der Waals surface area contributed by atoms with Crippen molar-refractivity contribution in [3.8, 4) is 0 Å². The van der Waals surface area contributed by atoms with Gasteiger partial charge >= 0.3 is 0 Å². The molecule has 1 heterocycles. The van der Waals surface area contributed by atoms with E-state index in [-0.39, 0.29) is 24.3 Å². The van der Waals surface area contributed by atoms with Gasteiger partial charge in [-0.1, -0.05) is 30.3 Å². The molecule has 0 unspecified atom stereocenters. The molecular weight excluding hydrogens is 304 g/mol. The third kappa shape index (κ3) is 3.78. The van der Waals surface area contributed by atoms with Crippen molar-refractivity contribution in [2.24, 2.45) is 0 Å². The molecule has 0 aliphatic heterocycles. The summed E-state index contributed by atoms with van der Waals surface area (Å²) in [7, 11) is 0. The van der Waals surface area contributed by atoms with Gasteiger partial charge < -0.3 is 10.3 Å². The number of para-hydroxylation sites is 2. The molecule has 1 aromatic heterocycles. The molecule has 24 heavy (non-hydrogen) atoms. The predicted octanol–water partition coefficient (Wildman–Crippen LogP) is 2.71. The average molecular weight is 322 g/mol. The summed E-state index contributed by atoms with van der Waals surface area (Å²) < 4.78 is 0. The Morgan fingerprint density at radius 2 is 1.79 bits per heavy atom. The molecule has 122 valence electrons. The first-order valence-corrected chi connectivity index (χ1v) is 7.72. The number of carbonyl (C=O) groups excluding carboxylic acids is 2. The van der Waals surface area contributed by atoms with Gasteiger partial charge in [0.25, 0.3) is 5.91 Å². The molecule has 3 rings (SSSR count). The largest absolute Gasteiger partial charge is 0.349 e. The Labute approximate surface area is 139 Å². The fourth-order valence-electron chi connectivity index (χ4n) is 2.42. The number of fused-ring (bicyclic) bond motifs is 1. The lowest BCUT2D eigenvalue weighted by Crippen LogP contribution is -2.35. The highest BCUT2D eigenvalue weighted by Gasteiger charge is 2.14. The van der Waals surface area contributed by atoms with E-state index in [4.69, 9.17) is 0 Å². The fourth-order valence-corrected chi connectivity index (χ4v) is 2.42. The van der Waals surface area contributed by atoms with Crippen molar-refractivity contribution in [1.29, 1.82) is 0 Å². The summed E-state index contributed by atoms with van der Waals surface area (Å²) in [6.07, 6.45) is 0.162. The molecule has 0 fully saturated rings. The van der Waals surface area contributed by atoms with Crippen molar-refractivity contribution >= 4 is 28.8 Å². The Balaban J connectivity index is 1.55. The van der Waals surface area contributed by atoms with Crippen molar-refractivity contribution in [2.45, 2.75) is 19.4 Å². The molecule has 6 nitrogen and oxygen atoms in total. The molecular formula is C18H18N4O2. The topological polar surface area (TPSA) is 86.9 Å². The number of hydrogen-bond acceptors (Lipinski definition) is 3. The first-order valence-electron chi connectivity index (χ1n) is 7.72. The molecule has 0 radical (unpaired) electrons. The third-order valence-electron chi connectivity index (χ3n) is 3.55. The van der Waals surface area contributed by atoms with Crippen LogP contribution in [0.1, 0.15) is 23.7 Å². The second-order valence-corrected chi connectivity index (χ2v) is 5.60. The van der Waals surface area contributed by atoms with Crippen LogP contribution in [0.15, 0.2) is 54.6 Å². The van der Waals surface area contributed by atoms with E-state index in [1.165, 1.54) is 0 Å². The van der Waals surface area contributed by atoms with E-state index in [1.807, 2.05) is 30.3 Å². The monoisotopic (exact) mass is 322 g/mol. The van der Waals surface area contributed by atoms with Crippen molar-refractivity contribution in [3.05, 3.63) is 60.2 Å². The van der Waals surface area contributed by atoms with Gasteiger partial charge in [0, 0.05) is 18.0 Å². The second kappa shape index (κ2) is 6.95. The number of amides is 2. The van der Waals surface area contributed by atoms with E-state index in [2.05, 4.69) is 20.6 Å². The lowest BCUT2D eigenvalue weighted by atomic mass is 10.1. The molecule has 2 amide bonds. The maximum Gasteiger partial charge on any atom is 0.251 e. The van der Waals surface area contributed by atoms with Crippen LogP contribution in [0.4, 0.5) is 5.95 Å². The van der Waals surface area contributed by atoms with Crippen LogP contribution in [0.3, 0.4) is 0 Å². The summed E-state index contributed by atoms with van der Waals surface area (Å²) in [4.78, 5) is 31.5. The molecule has 0 saturated carbocycles. The summed E-state index contributed by atoms with van der Waals surface area (Å²) >= 11 is 0. The quantitative estimate of drug-likeness (QED) is 0.675. The second-order valence-electron chi connectivity index (χ2n) is 5.60. The molecule has 0 aliphatic carbocycles. The standard InChI is InChI=1S/C18H18N4O2/c1-12(19-17(24)13-7-3-2-4-8-13)11-16(23)22-18-20-14-9-5-6-10-15(14)21-18/h2-10,12H,11H2,1H3,(H,19,24)(H2,20,21,22,23)/t12-/m1/s1. The highest BCUT2D eigenvalue weighted by atomic mass is 16.2. The van der Waals surface area contributed by atoms with Crippen LogP contribution in [0.5, 0.6) is 0 Å². The number of rotatable bonds is 5. The first kappa shape index (κ1) is 15.7. The Morgan fingerprint density at radius 3 is 2.54 bits per heavy atom. The average Bonchev–Trinajstić information content (AvgIpc) is 2.97. The summed E-state index contributed by atoms with van der Waals surface area (Å²) in [6.45, 7) is 1.79. The van der Waals surface area contributed by atoms with Gasteiger partial charge in [0.1, 0.15) is 0 Å². The van der Waals surface area contributed by atoms with Crippen LogP contribution < -0.4 is 10.6 Å². The molecule has 3 N–H and O–H groups in total. The van der Waals surface area contributed by atoms with Crippen LogP contribution in [-0.2, 0) is 4.79 Å². The van der Waals surface area contributed by atoms with E-state index in [1.54, 1.807) is 31.2 Å². The van der Waals surface area contributed by atoms with Gasteiger partial charge in [0.05, 0.1) is 11.0 Å². The van der Waals surface area contributed by atoms with Gasteiger partial charge in [0.2, 0.25) is 11.9 Å². The number of nitrogens with zero attached hydrogens (tertiary/aromatic N) is 1. The summed E-state index contributed by atoms with van der Waals surface area (Å²) in [5, 5.41) is 5.53. The molecule has 0 bridgehead atoms. The minimum Gasteiger partial charge on any atom is -0.349 e. The zero-order chi connectivity index (χ0) is 16.9. The number of hydrogen-bond donors (Lipinski definition) is 3. The molecule has 1 atom stereocenters. The highest BCUT2D eigenvalue weighted by Crippen LogP contribution is 2.13. The van der Waals surface area contributed by atoms with Crippen molar-refractivity contribution in [2.75, 3.05) is 5.32 Å². The summed E-state index contributed by atoms with van der Waals surface area (Å²) in [6, 6.07) is 16.2. The number of aromatic amines is 1. The molecule has 6 heteroatoms. The van der Waals surface area contributed by atoms with Crippen molar-refractivity contribution in [1.82, 2.24) is 15.3 Å². The molecule has 3 aromatic rings. The number of aromatic nitrogens is 2. The fraction of sp³-hybridized carbons (Fsp3) is 0.167. The van der Waals surface area contributed by atoms with E-state index < -0.39 is 0 Å². The van der Waals surface area contributed by atoms with Crippen LogP contribution in [0, 0.1) is 0 Å². The maximum absolute atomic E-state index is 12.1. The van der Waals surface area contributed by atoms with Gasteiger partial charge in [-0.2, -0.15) is 0 Å². The predicted molar refractivity (Wildman–Crippen MR) is 92.7 cm³/mol. The van der Waals surface area contributed by atoms with Gasteiger partial charge in [-0.3, -0.25) is 14.9 Å². The van der Waals surface area contributed by atoms with Crippen LogP contribution in [0.2, 0.25) is 0 Å².